The van der Waals surface area contributed by atoms with Crippen LogP contribution in [-0.2, 0) is 6.54 Å². The van der Waals surface area contributed by atoms with Gasteiger partial charge in [0.05, 0.1) is 23.0 Å². The average molecular weight is 557 g/mol. The number of hydrogen-bond donors (Lipinski definition) is 1. The first-order valence-electron chi connectivity index (χ1n) is 12.5. The molecule has 0 unspecified atom stereocenters. The molecule has 1 N–H and O–H groups in total. The lowest BCUT2D eigenvalue weighted by Crippen LogP contribution is -2.48. The average Bonchev–Trinajstić information content (AvgIpc) is 2.96. The molecule has 0 spiro atoms. The number of anilines is 1. The summed E-state index contributed by atoms with van der Waals surface area (Å²) in [4.78, 5) is 32.7. The molecule has 3 heterocycles. The number of phenols is 1. The number of nitro groups is 1. The summed E-state index contributed by atoms with van der Waals surface area (Å²) in [5, 5.41) is 32.2. The second-order valence-electron chi connectivity index (χ2n) is 9.41. The van der Waals surface area contributed by atoms with E-state index in [0.717, 1.165) is 10.6 Å². The fourth-order valence-corrected chi connectivity index (χ4v) is 5.25. The molecule has 1 aliphatic heterocycles. The molecule has 0 bridgehead atoms. The van der Waals surface area contributed by atoms with Crippen LogP contribution in [0.25, 0.3) is 11.0 Å². The minimum atomic E-state index is -0.884. The maximum atomic E-state index is 13.8. The summed E-state index contributed by atoms with van der Waals surface area (Å²) in [5.41, 5.74) is -0.167. The van der Waals surface area contributed by atoms with Gasteiger partial charge < -0.3 is 10.0 Å². The molecule has 0 aliphatic carbocycles. The second kappa shape index (κ2) is 11.0. The zero-order valence-corrected chi connectivity index (χ0v) is 21.5. The van der Waals surface area contributed by atoms with Crippen molar-refractivity contribution in [3.63, 3.8) is 0 Å². The van der Waals surface area contributed by atoms with Gasteiger partial charge in [0, 0.05) is 37.8 Å². The van der Waals surface area contributed by atoms with Gasteiger partial charge in [-0.25, -0.2) is 13.8 Å². The molecule has 2 aromatic carbocycles. The maximum absolute atomic E-state index is 13.8. The van der Waals surface area contributed by atoms with Gasteiger partial charge in [0.1, 0.15) is 34.7 Å². The maximum Gasteiger partial charge on any atom is 0.359 e. The van der Waals surface area contributed by atoms with Crippen LogP contribution < -0.4 is 10.5 Å². The summed E-state index contributed by atoms with van der Waals surface area (Å²) in [7, 11) is 0. The van der Waals surface area contributed by atoms with Crippen LogP contribution in [0.2, 0.25) is 0 Å². The van der Waals surface area contributed by atoms with Gasteiger partial charge in [-0.1, -0.05) is 24.1 Å². The van der Waals surface area contributed by atoms with Gasteiger partial charge in [-0.15, -0.1) is 6.42 Å². The fraction of sp³-hybridized carbons (Fsp3) is 0.207. The number of rotatable bonds is 6. The number of halogens is 2. The SMILES string of the molecule is C#CCn1c(=O)c([N+](=O)[O-])c(N2CCN([C@@H](c3ccc(F)cc3)c3ccc(F)cc3O)CC2)c2nc(C#N)ccc21. The van der Waals surface area contributed by atoms with Crippen LogP contribution in [0.15, 0.2) is 59.4 Å². The highest BCUT2D eigenvalue weighted by molar-refractivity contribution is 5.94. The molecule has 206 valence electrons. The van der Waals surface area contributed by atoms with Crippen LogP contribution in [0.3, 0.4) is 0 Å². The van der Waals surface area contributed by atoms with Crippen molar-refractivity contribution < 1.29 is 18.8 Å². The number of hydrogen-bond acceptors (Lipinski definition) is 8. The Kier molecular flexibility index (Phi) is 7.34. The Hall–Kier alpha value is -5.33. The number of nitriles is 1. The van der Waals surface area contributed by atoms with Gasteiger partial charge in [-0.2, -0.15) is 5.26 Å². The number of nitrogens with zero attached hydrogens (tertiary/aromatic N) is 6. The zero-order chi connectivity index (χ0) is 29.3. The molecule has 10 nitrogen and oxygen atoms in total. The Morgan fingerprint density at radius 2 is 1.76 bits per heavy atom. The quantitative estimate of drug-likeness (QED) is 0.216. The molecule has 41 heavy (non-hydrogen) atoms. The van der Waals surface area contributed by atoms with E-state index in [9.17, 15) is 34.1 Å². The summed E-state index contributed by atoms with van der Waals surface area (Å²) in [6.45, 7) is 0.767. The van der Waals surface area contributed by atoms with E-state index >= 15 is 0 Å². The van der Waals surface area contributed by atoms with Gasteiger partial charge in [0.15, 0.2) is 5.69 Å². The van der Waals surface area contributed by atoms with E-state index in [-0.39, 0.29) is 47.8 Å². The van der Waals surface area contributed by atoms with E-state index in [4.69, 9.17) is 6.42 Å². The molecule has 2 aromatic heterocycles. The first-order chi connectivity index (χ1) is 19.7. The van der Waals surface area contributed by atoms with Gasteiger partial charge in [-0.3, -0.25) is 24.4 Å². The third kappa shape index (κ3) is 5.04. The van der Waals surface area contributed by atoms with E-state index < -0.39 is 33.8 Å². The van der Waals surface area contributed by atoms with E-state index in [1.807, 2.05) is 11.0 Å². The summed E-state index contributed by atoms with van der Waals surface area (Å²) in [5.74, 6) is 1.01. The van der Waals surface area contributed by atoms with Crippen LogP contribution >= 0.6 is 0 Å². The number of piperazine rings is 1. The number of phenolic OH excluding ortho intramolecular Hbond substituents is 1. The minimum Gasteiger partial charge on any atom is -0.507 e. The lowest BCUT2D eigenvalue weighted by Gasteiger charge is -2.40. The van der Waals surface area contributed by atoms with E-state index in [2.05, 4.69) is 10.9 Å². The van der Waals surface area contributed by atoms with E-state index in [1.54, 1.807) is 17.0 Å². The predicted octanol–water partition coefficient (Wildman–Crippen LogP) is 3.70. The fourth-order valence-electron chi connectivity index (χ4n) is 5.25. The standard InChI is InChI=1S/C29H22F2N6O4/c1-2-11-36-23-10-8-21(17-32)33-25(23)27(28(29(36)39)37(40)41)35-14-12-34(13-15-35)26(18-3-5-19(30)6-4-18)22-9-7-20(31)16-24(22)38/h1,3-10,16,26,38H,11-15H2/t26-/m0/s1. The van der Waals surface area contributed by atoms with Crippen molar-refractivity contribution in [3.8, 4) is 24.2 Å². The number of benzene rings is 2. The Morgan fingerprint density at radius 1 is 1.07 bits per heavy atom. The summed E-state index contributed by atoms with van der Waals surface area (Å²) in [6.07, 6.45) is 5.42. The molecule has 0 radical (unpaired) electrons. The van der Waals surface area contributed by atoms with Gasteiger partial charge in [0.2, 0.25) is 0 Å². The van der Waals surface area contributed by atoms with Crippen molar-refractivity contribution in [1.82, 2.24) is 14.5 Å². The molecule has 0 saturated carbocycles. The van der Waals surface area contributed by atoms with Crippen molar-refractivity contribution in [2.45, 2.75) is 12.6 Å². The molecule has 5 rings (SSSR count). The normalized spacial score (nSPS) is 14.4. The number of aromatic hydroxyl groups is 1. The van der Waals surface area contributed by atoms with Gasteiger partial charge >= 0.3 is 11.2 Å². The Labute approximate surface area is 232 Å². The lowest BCUT2D eigenvalue weighted by molar-refractivity contribution is -0.385. The Balaban J connectivity index is 1.58. The van der Waals surface area contributed by atoms with Crippen LogP contribution in [-0.4, -0.2) is 50.7 Å². The molecule has 1 atom stereocenters. The number of fused-ring (bicyclic) bond motifs is 1. The molecular formula is C29H22F2N6O4. The highest BCUT2D eigenvalue weighted by Gasteiger charge is 2.34. The number of pyridine rings is 2. The second-order valence-corrected chi connectivity index (χ2v) is 9.41. The van der Waals surface area contributed by atoms with Gasteiger partial charge in [0.25, 0.3) is 0 Å². The summed E-state index contributed by atoms with van der Waals surface area (Å²) >= 11 is 0. The van der Waals surface area contributed by atoms with Crippen molar-refractivity contribution in [3.05, 3.63) is 104 Å². The molecule has 12 heteroatoms. The largest absolute Gasteiger partial charge is 0.507 e. The zero-order valence-electron chi connectivity index (χ0n) is 21.5. The molecule has 0 amide bonds. The van der Waals surface area contributed by atoms with Crippen LogP contribution in [0.1, 0.15) is 22.9 Å². The highest BCUT2D eigenvalue weighted by Crippen LogP contribution is 2.38. The van der Waals surface area contributed by atoms with E-state index in [0.29, 0.717) is 24.2 Å². The molecule has 1 fully saturated rings. The van der Waals surface area contributed by atoms with Crippen LogP contribution in [0.4, 0.5) is 20.2 Å². The van der Waals surface area contributed by atoms with Crippen molar-refractivity contribution in [2.24, 2.45) is 0 Å². The predicted molar refractivity (Wildman–Crippen MR) is 146 cm³/mol. The third-order valence-electron chi connectivity index (χ3n) is 7.08. The first-order valence-corrected chi connectivity index (χ1v) is 12.5. The lowest BCUT2D eigenvalue weighted by atomic mass is 9.95. The Morgan fingerprint density at radius 3 is 2.37 bits per heavy atom. The van der Waals surface area contributed by atoms with Crippen LogP contribution in [0.5, 0.6) is 5.75 Å². The van der Waals surface area contributed by atoms with Crippen molar-refractivity contribution >= 4 is 22.4 Å². The third-order valence-corrected chi connectivity index (χ3v) is 7.08. The van der Waals surface area contributed by atoms with Crippen LogP contribution in [0, 0.1) is 45.4 Å². The number of terminal acetylenes is 1. The monoisotopic (exact) mass is 556 g/mol. The summed E-state index contributed by atoms with van der Waals surface area (Å²) < 4.78 is 28.6. The van der Waals surface area contributed by atoms with Gasteiger partial charge in [-0.05, 0) is 35.9 Å². The molecular weight excluding hydrogens is 534 g/mol. The smallest absolute Gasteiger partial charge is 0.359 e. The summed E-state index contributed by atoms with van der Waals surface area (Å²) in [6, 6.07) is 13.7. The molecule has 4 aromatic rings. The minimum absolute atomic E-state index is 0.0111. The molecule has 1 saturated heterocycles. The Bertz CT molecular complexity index is 1800. The van der Waals surface area contributed by atoms with Crippen molar-refractivity contribution in [1.29, 1.82) is 5.26 Å². The number of aromatic nitrogens is 2. The first kappa shape index (κ1) is 27.2. The van der Waals surface area contributed by atoms with E-state index in [1.165, 1.54) is 36.4 Å². The van der Waals surface area contributed by atoms with Crippen molar-refractivity contribution in [2.75, 3.05) is 31.1 Å². The highest BCUT2D eigenvalue weighted by atomic mass is 19.1. The topological polar surface area (TPSA) is 129 Å². The molecule has 1 aliphatic rings.